The Morgan fingerprint density at radius 2 is 1.84 bits per heavy atom. The molecule has 5 nitrogen and oxygen atoms in total. The van der Waals surface area contributed by atoms with E-state index in [1.54, 1.807) is 7.11 Å². The van der Waals surface area contributed by atoms with Crippen LogP contribution in [0.3, 0.4) is 0 Å². The first-order chi connectivity index (χ1) is 9.16. The summed E-state index contributed by atoms with van der Waals surface area (Å²) in [4.78, 5) is 12.1. The van der Waals surface area contributed by atoms with E-state index in [1.807, 2.05) is 13.8 Å². The third-order valence-electron chi connectivity index (χ3n) is 3.66. The van der Waals surface area contributed by atoms with Crippen LogP contribution < -0.4 is 11.1 Å². The molecule has 0 saturated carbocycles. The number of rotatable bonds is 12. The minimum Gasteiger partial charge on any atom is -0.382 e. The maximum absolute atomic E-state index is 12.1. The molecule has 1 amide bonds. The number of hydrogen-bond donors (Lipinski definition) is 2. The van der Waals surface area contributed by atoms with Gasteiger partial charge in [-0.05, 0) is 25.7 Å². The van der Waals surface area contributed by atoms with Gasteiger partial charge in [-0.15, -0.1) is 0 Å². The van der Waals surface area contributed by atoms with Crippen LogP contribution in [0, 0.1) is 5.41 Å². The lowest BCUT2D eigenvalue weighted by Gasteiger charge is -2.28. The zero-order valence-corrected chi connectivity index (χ0v) is 12.7. The number of unbranched alkanes of at least 4 members (excludes halogenated alkanes) is 1. The van der Waals surface area contributed by atoms with Crippen LogP contribution in [0.5, 0.6) is 0 Å². The van der Waals surface area contributed by atoms with E-state index in [1.165, 1.54) is 0 Å². The van der Waals surface area contributed by atoms with E-state index >= 15 is 0 Å². The summed E-state index contributed by atoms with van der Waals surface area (Å²) < 4.78 is 10.2. The van der Waals surface area contributed by atoms with Gasteiger partial charge in [0, 0.05) is 26.8 Å². The molecule has 0 fully saturated rings. The summed E-state index contributed by atoms with van der Waals surface area (Å²) in [5.41, 5.74) is 5.34. The minimum absolute atomic E-state index is 0.0836. The fraction of sp³-hybridized carbons (Fsp3) is 0.929. The molecule has 0 bridgehead atoms. The molecule has 0 atom stereocenters. The maximum atomic E-state index is 12.1. The van der Waals surface area contributed by atoms with Crippen LogP contribution in [-0.2, 0) is 14.3 Å². The number of ether oxygens (including phenoxy) is 2. The molecule has 0 unspecified atom stereocenters. The molecular weight excluding hydrogens is 244 g/mol. The average Bonchev–Trinajstić information content (AvgIpc) is 2.44. The van der Waals surface area contributed by atoms with E-state index in [4.69, 9.17) is 15.2 Å². The molecule has 5 heteroatoms. The van der Waals surface area contributed by atoms with Crippen molar-refractivity contribution in [2.75, 3.05) is 40.0 Å². The Balaban J connectivity index is 3.68. The largest absolute Gasteiger partial charge is 0.382 e. The van der Waals surface area contributed by atoms with Gasteiger partial charge >= 0.3 is 0 Å². The third-order valence-corrected chi connectivity index (χ3v) is 3.66. The van der Waals surface area contributed by atoms with E-state index in [0.717, 1.165) is 25.7 Å². The monoisotopic (exact) mass is 274 g/mol. The first-order valence-electron chi connectivity index (χ1n) is 7.22. The molecule has 0 aromatic rings. The Labute approximate surface area is 117 Å². The van der Waals surface area contributed by atoms with Crippen LogP contribution in [0.15, 0.2) is 0 Å². The molecule has 0 aliphatic rings. The molecule has 0 saturated heterocycles. The number of carbonyl (C=O) groups is 1. The van der Waals surface area contributed by atoms with Crippen molar-refractivity contribution in [3.63, 3.8) is 0 Å². The Morgan fingerprint density at radius 3 is 2.37 bits per heavy atom. The zero-order chi connectivity index (χ0) is 14.6. The van der Waals surface area contributed by atoms with E-state index < -0.39 is 5.41 Å². The number of amides is 1. The predicted octanol–water partition coefficient (Wildman–Crippen LogP) is 1.31. The summed E-state index contributed by atoms with van der Waals surface area (Å²) >= 11 is 0. The standard InChI is InChI=1S/C14H30N2O3/c1-4-14(5-2,12-15)13(17)16-8-6-7-9-19-11-10-18-3/h4-12,15H2,1-3H3,(H,16,17). The van der Waals surface area contributed by atoms with E-state index in [9.17, 15) is 4.79 Å². The van der Waals surface area contributed by atoms with Crippen molar-refractivity contribution in [3.05, 3.63) is 0 Å². The van der Waals surface area contributed by atoms with Crippen molar-refractivity contribution in [2.45, 2.75) is 39.5 Å². The lowest BCUT2D eigenvalue weighted by Crippen LogP contribution is -2.45. The van der Waals surface area contributed by atoms with Crippen LogP contribution in [-0.4, -0.2) is 45.9 Å². The molecule has 19 heavy (non-hydrogen) atoms. The molecule has 0 aliphatic carbocycles. The first kappa shape index (κ1) is 18.4. The van der Waals surface area contributed by atoms with Gasteiger partial charge in [0.15, 0.2) is 0 Å². The summed E-state index contributed by atoms with van der Waals surface area (Å²) in [5.74, 6) is 0.0836. The van der Waals surface area contributed by atoms with Gasteiger partial charge in [0.2, 0.25) is 5.91 Å². The lowest BCUT2D eigenvalue weighted by molar-refractivity contribution is -0.131. The maximum Gasteiger partial charge on any atom is 0.227 e. The highest BCUT2D eigenvalue weighted by Crippen LogP contribution is 2.24. The minimum atomic E-state index is -0.394. The molecule has 0 aromatic heterocycles. The van der Waals surface area contributed by atoms with Crippen LogP contribution in [0.1, 0.15) is 39.5 Å². The second kappa shape index (κ2) is 11.2. The van der Waals surface area contributed by atoms with Crippen LogP contribution >= 0.6 is 0 Å². The molecule has 0 radical (unpaired) electrons. The first-order valence-corrected chi connectivity index (χ1v) is 7.22. The van der Waals surface area contributed by atoms with Gasteiger partial charge in [0.1, 0.15) is 0 Å². The van der Waals surface area contributed by atoms with Crippen molar-refractivity contribution in [1.29, 1.82) is 0 Å². The molecule has 0 rings (SSSR count). The van der Waals surface area contributed by atoms with Gasteiger partial charge in [-0.3, -0.25) is 4.79 Å². The van der Waals surface area contributed by atoms with Gasteiger partial charge in [0.25, 0.3) is 0 Å². The van der Waals surface area contributed by atoms with Crippen LogP contribution in [0.2, 0.25) is 0 Å². The SMILES string of the molecule is CCC(CC)(CN)C(=O)NCCCCOCCOC. The molecule has 0 spiro atoms. The van der Waals surface area contributed by atoms with Crippen molar-refractivity contribution in [1.82, 2.24) is 5.32 Å². The topological polar surface area (TPSA) is 73.6 Å². The number of nitrogens with two attached hydrogens (primary N) is 1. The van der Waals surface area contributed by atoms with Crippen molar-refractivity contribution >= 4 is 5.91 Å². The molecular formula is C14H30N2O3. The fourth-order valence-corrected chi connectivity index (χ4v) is 1.92. The Kier molecular flexibility index (Phi) is 10.8. The molecule has 0 aromatic carbocycles. The summed E-state index contributed by atoms with van der Waals surface area (Å²) in [7, 11) is 1.66. The third kappa shape index (κ3) is 6.89. The summed E-state index contributed by atoms with van der Waals surface area (Å²) in [5, 5.41) is 2.98. The van der Waals surface area contributed by atoms with Crippen molar-refractivity contribution < 1.29 is 14.3 Å². The summed E-state index contributed by atoms with van der Waals surface area (Å²) in [6.45, 7) is 7.09. The van der Waals surface area contributed by atoms with Crippen LogP contribution in [0.4, 0.5) is 0 Å². The van der Waals surface area contributed by atoms with Gasteiger partial charge in [-0.1, -0.05) is 13.8 Å². The van der Waals surface area contributed by atoms with Gasteiger partial charge in [0.05, 0.1) is 18.6 Å². The number of hydrogen-bond acceptors (Lipinski definition) is 4. The average molecular weight is 274 g/mol. The fourth-order valence-electron chi connectivity index (χ4n) is 1.92. The summed E-state index contributed by atoms with van der Waals surface area (Å²) in [6.07, 6.45) is 3.43. The van der Waals surface area contributed by atoms with E-state index in [-0.39, 0.29) is 5.91 Å². The van der Waals surface area contributed by atoms with Crippen molar-refractivity contribution in [2.24, 2.45) is 11.1 Å². The number of nitrogens with one attached hydrogen (secondary N) is 1. The van der Waals surface area contributed by atoms with Crippen molar-refractivity contribution in [3.8, 4) is 0 Å². The van der Waals surface area contributed by atoms with Crippen LogP contribution in [0.25, 0.3) is 0 Å². The Bertz CT molecular complexity index is 222. The lowest BCUT2D eigenvalue weighted by atomic mass is 9.81. The normalized spacial score (nSPS) is 11.6. The highest BCUT2D eigenvalue weighted by atomic mass is 16.5. The second-order valence-corrected chi connectivity index (χ2v) is 4.76. The number of methoxy groups -OCH3 is 1. The quantitative estimate of drug-likeness (QED) is 0.526. The second-order valence-electron chi connectivity index (χ2n) is 4.76. The molecule has 114 valence electrons. The van der Waals surface area contributed by atoms with Gasteiger partial charge in [-0.2, -0.15) is 0 Å². The highest BCUT2D eigenvalue weighted by molar-refractivity contribution is 5.82. The zero-order valence-electron chi connectivity index (χ0n) is 12.7. The van der Waals surface area contributed by atoms with E-state index in [0.29, 0.717) is 32.9 Å². The van der Waals surface area contributed by atoms with Gasteiger partial charge in [-0.25, -0.2) is 0 Å². The summed E-state index contributed by atoms with van der Waals surface area (Å²) in [6, 6.07) is 0. The molecule has 0 heterocycles. The molecule has 0 aliphatic heterocycles. The smallest absolute Gasteiger partial charge is 0.227 e. The molecule has 3 N–H and O–H groups in total. The highest BCUT2D eigenvalue weighted by Gasteiger charge is 2.32. The Morgan fingerprint density at radius 1 is 1.16 bits per heavy atom. The van der Waals surface area contributed by atoms with Gasteiger partial charge < -0.3 is 20.5 Å². The Hall–Kier alpha value is -0.650. The van der Waals surface area contributed by atoms with E-state index in [2.05, 4.69) is 5.32 Å². The number of carbonyl (C=O) groups excluding carboxylic acids is 1. The predicted molar refractivity (Wildman–Crippen MR) is 77.0 cm³/mol.